The molecule has 0 fully saturated rings. The van der Waals surface area contributed by atoms with Gasteiger partial charge in [0.1, 0.15) is 12.3 Å². The minimum Gasteiger partial charge on any atom is -0.409 e. The Labute approximate surface area is 102 Å². The summed E-state index contributed by atoms with van der Waals surface area (Å²) < 4.78 is 5.92. The fraction of sp³-hybridized carbons (Fsp3) is 0.250. The first-order chi connectivity index (χ1) is 8.50. The van der Waals surface area contributed by atoms with Crippen LogP contribution in [-0.2, 0) is 11.5 Å². The lowest BCUT2D eigenvalue weighted by Gasteiger charge is -2.15. The average molecular weight is 248 g/mol. The van der Waals surface area contributed by atoms with E-state index >= 15 is 0 Å². The highest BCUT2D eigenvalue weighted by Crippen LogP contribution is 2.05. The van der Waals surface area contributed by atoms with Gasteiger partial charge in [-0.1, -0.05) is 12.1 Å². The van der Waals surface area contributed by atoms with E-state index in [2.05, 4.69) is 0 Å². The molecule has 2 rings (SSSR count). The number of amides is 1. The fourth-order valence-corrected chi connectivity index (χ4v) is 1.54. The average Bonchev–Trinajstić information content (AvgIpc) is 2.34. The lowest BCUT2D eigenvalue weighted by molar-refractivity contribution is -0.129. The van der Waals surface area contributed by atoms with Gasteiger partial charge in [-0.15, -0.1) is 0 Å². The van der Waals surface area contributed by atoms with Crippen molar-refractivity contribution in [2.75, 3.05) is 7.05 Å². The van der Waals surface area contributed by atoms with Crippen LogP contribution in [0.1, 0.15) is 6.92 Å². The van der Waals surface area contributed by atoms with Gasteiger partial charge in [0.25, 0.3) is 5.56 Å². The molecule has 1 amide bonds. The highest BCUT2D eigenvalue weighted by molar-refractivity contribution is 5.75. The number of hydrogen-bond acceptors (Lipinski definition) is 4. The molecule has 1 aromatic carbocycles. The van der Waals surface area contributed by atoms with Crippen molar-refractivity contribution >= 4 is 16.9 Å². The summed E-state index contributed by atoms with van der Waals surface area (Å²) in [6.07, 6.45) is 0. The van der Waals surface area contributed by atoms with E-state index in [0.29, 0.717) is 5.39 Å². The highest BCUT2D eigenvalue weighted by Gasteiger charge is 2.11. The number of carbonyl (C=O) groups is 1. The van der Waals surface area contributed by atoms with E-state index in [1.54, 1.807) is 24.3 Å². The molecule has 1 aromatic heterocycles. The minimum atomic E-state index is -0.771. The normalized spacial score (nSPS) is 10.6. The van der Waals surface area contributed by atoms with Gasteiger partial charge in [-0.3, -0.25) is 9.59 Å². The summed E-state index contributed by atoms with van der Waals surface area (Å²) >= 11 is 0. The Balaban J connectivity index is 2.62. The van der Waals surface area contributed by atoms with Crippen LogP contribution in [0.2, 0.25) is 0 Å². The topological polar surface area (TPSA) is 72.5 Å². The molecule has 0 radical (unpaired) electrons. The van der Waals surface area contributed by atoms with Crippen molar-refractivity contribution in [2.24, 2.45) is 0 Å². The second-order valence-corrected chi connectivity index (χ2v) is 3.96. The van der Waals surface area contributed by atoms with Crippen LogP contribution in [0.3, 0.4) is 0 Å². The van der Waals surface area contributed by atoms with Crippen LogP contribution >= 0.6 is 0 Å². The largest absolute Gasteiger partial charge is 0.423 e. The molecule has 0 saturated heterocycles. The molecule has 0 atom stereocenters. The quantitative estimate of drug-likeness (QED) is 0.770. The SMILES string of the molecule is CC(=O)N(C)Cn1c(=O)oc2ccccc2c1=O. The third kappa shape index (κ3) is 2.04. The van der Waals surface area contributed by atoms with Crippen molar-refractivity contribution < 1.29 is 9.21 Å². The number of carbonyl (C=O) groups excluding carboxylic acids is 1. The maximum Gasteiger partial charge on any atom is 0.423 e. The van der Waals surface area contributed by atoms with Gasteiger partial charge in [-0.2, -0.15) is 0 Å². The molecule has 6 nitrogen and oxygen atoms in total. The van der Waals surface area contributed by atoms with Gasteiger partial charge in [0, 0.05) is 14.0 Å². The molecule has 1 heterocycles. The van der Waals surface area contributed by atoms with Gasteiger partial charge in [0.2, 0.25) is 5.91 Å². The van der Waals surface area contributed by atoms with E-state index in [-0.39, 0.29) is 18.2 Å². The number of benzene rings is 1. The van der Waals surface area contributed by atoms with E-state index < -0.39 is 11.3 Å². The number of fused-ring (bicyclic) bond motifs is 1. The van der Waals surface area contributed by atoms with Crippen LogP contribution < -0.4 is 11.3 Å². The summed E-state index contributed by atoms with van der Waals surface area (Å²) in [7, 11) is 1.50. The third-order valence-corrected chi connectivity index (χ3v) is 2.67. The zero-order valence-electron chi connectivity index (χ0n) is 10.0. The molecule has 0 unspecified atom stereocenters. The molecule has 0 spiro atoms. The first-order valence-electron chi connectivity index (χ1n) is 5.35. The summed E-state index contributed by atoms with van der Waals surface area (Å²) in [4.78, 5) is 36.1. The Hall–Kier alpha value is -2.37. The molecule has 0 saturated carbocycles. The predicted octanol–water partition coefficient (Wildman–Crippen LogP) is 0.391. The molecule has 0 N–H and O–H groups in total. The molecular weight excluding hydrogens is 236 g/mol. The molecular formula is C12H12N2O4. The lowest BCUT2D eigenvalue weighted by atomic mass is 10.2. The van der Waals surface area contributed by atoms with E-state index in [1.165, 1.54) is 18.9 Å². The number of para-hydroxylation sites is 1. The van der Waals surface area contributed by atoms with Crippen molar-refractivity contribution in [2.45, 2.75) is 13.6 Å². The second kappa shape index (κ2) is 4.48. The molecule has 0 aliphatic carbocycles. The molecule has 6 heteroatoms. The van der Waals surface area contributed by atoms with E-state index in [0.717, 1.165) is 4.57 Å². The van der Waals surface area contributed by atoms with E-state index in [4.69, 9.17) is 4.42 Å². The second-order valence-electron chi connectivity index (χ2n) is 3.96. The Bertz CT molecular complexity index is 714. The summed E-state index contributed by atoms with van der Waals surface area (Å²) in [5, 5.41) is 0.314. The van der Waals surface area contributed by atoms with Crippen molar-refractivity contribution in [3.63, 3.8) is 0 Å². The zero-order chi connectivity index (χ0) is 13.3. The first-order valence-corrected chi connectivity index (χ1v) is 5.35. The van der Waals surface area contributed by atoms with Crippen LogP contribution in [0.25, 0.3) is 11.0 Å². The third-order valence-electron chi connectivity index (χ3n) is 2.67. The van der Waals surface area contributed by atoms with Crippen molar-refractivity contribution in [3.05, 3.63) is 45.2 Å². The van der Waals surface area contributed by atoms with Crippen LogP contribution in [0.15, 0.2) is 38.3 Å². The molecule has 94 valence electrons. The molecule has 2 aromatic rings. The lowest BCUT2D eigenvalue weighted by Crippen LogP contribution is -2.39. The Morgan fingerprint density at radius 1 is 1.33 bits per heavy atom. The van der Waals surface area contributed by atoms with Crippen molar-refractivity contribution in [1.82, 2.24) is 9.47 Å². The molecule has 18 heavy (non-hydrogen) atoms. The van der Waals surface area contributed by atoms with Crippen LogP contribution in [0.4, 0.5) is 0 Å². The van der Waals surface area contributed by atoms with Gasteiger partial charge in [0.15, 0.2) is 0 Å². The molecule has 0 aliphatic heterocycles. The highest BCUT2D eigenvalue weighted by atomic mass is 16.4. The van der Waals surface area contributed by atoms with Gasteiger partial charge >= 0.3 is 5.76 Å². The van der Waals surface area contributed by atoms with Gasteiger partial charge in [0.05, 0.1) is 5.39 Å². The van der Waals surface area contributed by atoms with Crippen LogP contribution in [-0.4, -0.2) is 22.4 Å². The van der Waals surface area contributed by atoms with Gasteiger partial charge in [-0.05, 0) is 12.1 Å². The Morgan fingerprint density at radius 2 is 2.00 bits per heavy atom. The molecule has 0 aliphatic rings. The first kappa shape index (κ1) is 12.1. The van der Waals surface area contributed by atoms with Crippen LogP contribution in [0.5, 0.6) is 0 Å². The number of rotatable bonds is 2. The van der Waals surface area contributed by atoms with Crippen molar-refractivity contribution in [1.29, 1.82) is 0 Å². The fourth-order valence-electron chi connectivity index (χ4n) is 1.54. The maximum absolute atomic E-state index is 12.1. The van der Waals surface area contributed by atoms with Crippen molar-refractivity contribution in [3.8, 4) is 0 Å². The monoisotopic (exact) mass is 248 g/mol. The number of hydrogen-bond donors (Lipinski definition) is 0. The van der Waals surface area contributed by atoms with Gasteiger partial charge in [-0.25, -0.2) is 9.36 Å². The Morgan fingerprint density at radius 3 is 2.67 bits per heavy atom. The molecule has 0 bridgehead atoms. The summed E-state index contributed by atoms with van der Waals surface area (Å²) in [5.74, 6) is -1.01. The summed E-state index contributed by atoms with van der Waals surface area (Å²) in [6.45, 7) is 1.23. The Kier molecular flexibility index (Phi) is 3.01. The van der Waals surface area contributed by atoms with E-state index in [1.807, 2.05) is 0 Å². The van der Waals surface area contributed by atoms with E-state index in [9.17, 15) is 14.4 Å². The number of nitrogens with zero attached hydrogens (tertiary/aromatic N) is 2. The van der Waals surface area contributed by atoms with Gasteiger partial charge < -0.3 is 9.32 Å². The summed E-state index contributed by atoms with van der Waals surface area (Å²) in [6, 6.07) is 6.49. The standard InChI is InChI=1S/C12H12N2O4/c1-8(15)13(2)7-14-11(16)9-5-3-4-6-10(9)18-12(14)17/h3-6H,7H2,1-2H3. The summed E-state index contributed by atoms with van der Waals surface area (Å²) in [5.41, 5.74) is -0.218. The van der Waals surface area contributed by atoms with Crippen LogP contribution in [0, 0.1) is 0 Å². The minimum absolute atomic E-state index is 0.124. The predicted molar refractivity (Wildman–Crippen MR) is 65.2 cm³/mol. The maximum atomic E-state index is 12.1. The zero-order valence-corrected chi connectivity index (χ0v) is 10.0. The number of aromatic nitrogens is 1. The smallest absolute Gasteiger partial charge is 0.409 e.